The molecule has 0 unspecified atom stereocenters. The molecule has 1 aromatic carbocycles. The van der Waals surface area contributed by atoms with Gasteiger partial charge in [-0.05, 0) is 49.4 Å². The molecule has 0 N–H and O–H groups in total. The molecule has 2 aromatic heterocycles. The van der Waals surface area contributed by atoms with E-state index in [-0.39, 0.29) is 5.69 Å². The van der Waals surface area contributed by atoms with E-state index in [2.05, 4.69) is 25.9 Å². The number of aromatic nitrogens is 2. The van der Waals surface area contributed by atoms with Crippen molar-refractivity contribution in [1.82, 2.24) is 9.38 Å². The van der Waals surface area contributed by atoms with E-state index in [1.54, 1.807) is 13.0 Å². The summed E-state index contributed by atoms with van der Waals surface area (Å²) >= 11 is 3.39. The van der Waals surface area contributed by atoms with Crippen LogP contribution in [-0.2, 0) is 4.74 Å². The van der Waals surface area contributed by atoms with Crippen LogP contribution in [0.1, 0.15) is 17.4 Å². The topological polar surface area (TPSA) is 56.0 Å². The van der Waals surface area contributed by atoms with Gasteiger partial charge in [-0.15, -0.1) is 0 Å². The van der Waals surface area contributed by atoms with Crippen molar-refractivity contribution >= 4 is 33.1 Å². The monoisotopic (exact) mass is 371 g/mol. The van der Waals surface area contributed by atoms with Crippen LogP contribution in [0.5, 0.6) is 0 Å². The molecule has 0 saturated carbocycles. The number of carbonyl (C=O) groups excluding carboxylic acids is 1. The molecule has 0 bridgehead atoms. The Morgan fingerprint density at radius 3 is 2.78 bits per heavy atom. The molecule has 0 aliphatic carbocycles. The number of ether oxygens (including phenoxy) is 1. The third kappa shape index (κ3) is 3.48. The second-order valence-electron chi connectivity index (χ2n) is 4.75. The van der Waals surface area contributed by atoms with Crippen molar-refractivity contribution in [3.05, 3.63) is 70.5 Å². The minimum absolute atomic E-state index is 0.244. The fourth-order valence-electron chi connectivity index (χ4n) is 2.11. The standard InChI is InChI=1S/C17H14BrN3O2/c1-2-23-16(22)15-11-14-5-3-4-10-21(14)17(20-15)19-13-8-6-12(18)7-9-13/h3-11H,2H2,1H3. The molecule has 0 aliphatic rings. The zero-order valence-electron chi connectivity index (χ0n) is 12.4. The van der Waals surface area contributed by atoms with E-state index in [0.29, 0.717) is 12.2 Å². The van der Waals surface area contributed by atoms with Gasteiger partial charge in [0, 0.05) is 10.7 Å². The Balaban J connectivity index is 2.21. The maximum Gasteiger partial charge on any atom is 0.357 e. The van der Waals surface area contributed by atoms with Gasteiger partial charge < -0.3 is 4.74 Å². The maximum absolute atomic E-state index is 12.0. The molecule has 2 heterocycles. The number of pyridine rings is 1. The van der Waals surface area contributed by atoms with Crippen LogP contribution in [0.4, 0.5) is 5.69 Å². The Bertz CT molecular complexity index is 917. The summed E-state index contributed by atoms with van der Waals surface area (Å²) in [5.74, 6) is -0.453. The minimum atomic E-state index is -0.453. The first-order valence-electron chi connectivity index (χ1n) is 7.13. The second-order valence-corrected chi connectivity index (χ2v) is 5.66. The Labute approximate surface area is 141 Å². The third-order valence-electron chi connectivity index (χ3n) is 3.15. The quantitative estimate of drug-likeness (QED) is 0.662. The maximum atomic E-state index is 12.0. The highest BCUT2D eigenvalue weighted by atomic mass is 79.9. The molecule has 116 valence electrons. The van der Waals surface area contributed by atoms with Crippen molar-refractivity contribution in [3.8, 4) is 0 Å². The van der Waals surface area contributed by atoms with Gasteiger partial charge in [0.2, 0.25) is 5.62 Å². The van der Waals surface area contributed by atoms with Gasteiger partial charge >= 0.3 is 5.97 Å². The lowest BCUT2D eigenvalue weighted by Crippen LogP contribution is -2.22. The molecule has 3 rings (SSSR count). The van der Waals surface area contributed by atoms with Gasteiger partial charge in [-0.3, -0.25) is 4.40 Å². The number of benzene rings is 1. The van der Waals surface area contributed by atoms with Crippen LogP contribution in [0, 0.1) is 0 Å². The SMILES string of the molecule is CCOC(=O)c1cc2ccccn2c(=Nc2ccc(Br)cc2)n1. The summed E-state index contributed by atoms with van der Waals surface area (Å²) in [6, 6.07) is 14.9. The van der Waals surface area contributed by atoms with Crippen LogP contribution in [-0.4, -0.2) is 22.0 Å². The molecule has 5 nitrogen and oxygen atoms in total. The number of esters is 1. The van der Waals surface area contributed by atoms with Crippen LogP contribution >= 0.6 is 15.9 Å². The van der Waals surface area contributed by atoms with Crippen LogP contribution in [0.3, 0.4) is 0 Å². The smallest absolute Gasteiger partial charge is 0.357 e. The van der Waals surface area contributed by atoms with Crippen molar-refractivity contribution in [1.29, 1.82) is 0 Å². The first-order valence-corrected chi connectivity index (χ1v) is 7.92. The number of fused-ring (bicyclic) bond motifs is 1. The molecular weight excluding hydrogens is 358 g/mol. The van der Waals surface area contributed by atoms with Crippen LogP contribution in [0.25, 0.3) is 5.52 Å². The number of rotatable bonds is 3. The first kappa shape index (κ1) is 15.4. The van der Waals surface area contributed by atoms with Crippen molar-refractivity contribution in [2.45, 2.75) is 6.92 Å². The summed E-state index contributed by atoms with van der Waals surface area (Å²) in [5, 5.41) is 0. The fraction of sp³-hybridized carbons (Fsp3) is 0.118. The summed E-state index contributed by atoms with van der Waals surface area (Å²) in [5.41, 5.74) is 2.24. The molecule has 6 heteroatoms. The van der Waals surface area contributed by atoms with E-state index in [9.17, 15) is 4.79 Å². The van der Waals surface area contributed by atoms with Crippen molar-refractivity contribution in [3.63, 3.8) is 0 Å². The van der Waals surface area contributed by atoms with Crippen molar-refractivity contribution in [2.24, 2.45) is 4.99 Å². The molecule has 0 radical (unpaired) electrons. The Morgan fingerprint density at radius 1 is 1.26 bits per heavy atom. The molecular formula is C17H14BrN3O2. The summed E-state index contributed by atoms with van der Waals surface area (Å²) in [4.78, 5) is 20.9. The fourth-order valence-corrected chi connectivity index (χ4v) is 2.37. The molecule has 0 aliphatic heterocycles. The summed E-state index contributed by atoms with van der Waals surface area (Å²) in [7, 11) is 0. The average molecular weight is 372 g/mol. The Morgan fingerprint density at radius 2 is 2.04 bits per heavy atom. The van der Waals surface area contributed by atoms with Gasteiger partial charge in [-0.2, -0.15) is 0 Å². The van der Waals surface area contributed by atoms with Gasteiger partial charge in [-0.25, -0.2) is 14.8 Å². The lowest BCUT2D eigenvalue weighted by Gasteiger charge is -2.05. The second kappa shape index (κ2) is 6.75. The predicted molar refractivity (Wildman–Crippen MR) is 90.5 cm³/mol. The number of halogens is 1. The lowest BCUT2D eigenvalue weighted by atomic mass is 10.3. The average Bonchev–Trinajstić information content (AvgIpc) is 2.57. The van der Waals surface area contributed by atoms with Crippen LogP contribution < -0.4 is 5.62 Å². The molecule has 0 fully saturated rings. The molecule has 23 heavy (non-hydrogen) atoms. The van der Waals surface area contributed by atoms with Crippen molar-refractivity contribution < 1.29 is 9.53 Å². The number of nitrogens with zero attached hydrogens (tertiary/aromatic N) is 3. The summed E-state index contributed by atoms with van der Waals surface area (Å²) in [6.07, 6.45) is 1.86. The molecule has 0 amide bonds. The summed E-state index contributed by atoms with van der Waals surface area (Å²) < 4.78 is 7.84. The molecule has 3 aromatic rings. The largest absolute Gasteiger partial charge is 0.461 e. The van der Waals surface area contributed by atoms with Gasteiger partial charge in [0.1, 0.15) is 0 Å². The number of hydrogen-bond donors (Lipinski definition) is 0. The van der Waals surface area contributed by atoms with E-state index in [4.69, 9.17) is 4.74 Å². The van der Waals surface area contributed by atoms with Gasteiger partial charge in [-0.1, -0.05) is 22.0 Å². The van der Waals surface area contributed by atoms with Crippen LogP contribution in [0.15, 0.2) is 64.2 Å². The highest BCUT2D eigenvalue weighted by Gasteiger charge is 2.10. The zero-order valence-corrected chi connectivity index (χ0v) is 14.0. The first-order chi connectivity index (χ1) is 11.2. The predicted octanol–water partition coefficient (Wildman–Crippen LogP) is 3.51. The lowest BCUT2D eigenvalue weighted by molar-refractivity contribution is 0.0519. The number of hydrogen-bond acceptors (Lipinski definition) is 4. The highest BCUT2D eigenvalue weighted by molar-refractivity contribution is 9.10. The number of carbonyl (C=O) groups is 1. The van der Waals surface area contributed by atoms with E-state index in [1.807, 2.05) is 53.1 Å². The van der Waals surface area contributed by atoms with Crippen molar-refractivity contribution in [2.75, 3.05) is 6.61 Å². The van der Waals surface area contributed by atoms with Crippen LogP contribution in [0.2, 0.25) is 0 Å². The van der Waals surface area contributed by atoms with E-state index in [1.165, 1.54) is 0 Å². The highest BCUT2D eigenvalue weighted by Crippen LogP contribution is 2.16. The minimum Gasteiger partial charge on any atom is -0.461 e. The zero-order chi connectivity index (χ0) is 16.2. The normalized spacial score (nSPS) is 11.7. The van der Waals surface area contributed by atoms with E-state index < -0.39 is 5.97 Å². The van der Waals surface area contributed by atoms with E-state index >= 15 is 0 Å². The van der Waals surface area contributed by atoms with Gasteiger partial charge in [0.25, 0.3) is 0 Å². The summed E-state index contributed by atoms with van der Waals surface area (Å²) in [6.45, 7) is 2.07. The Hall–Kier alpha value is -2.47. The molecule has 0 atom stereocenters. The molecule has 0 spiro atoms. The third-order valence-corrected chi connectivity index (χ3v) is 3.68. The van der Waals surface area contributed by atoms with E-state index in [0.717, 1.165) is 15.7 Å². The Kier molecular flexibility index (Phi) is 4.52. The van der Waals surface area contributed by atoms with Gasteiger partial charge in [0.05, 0.1) is 17.8 Å². The van der Waals surface area contributed by atoms with Gasteiger partial charge in [0.15, 0.2) is 5.69 Å². The molecule has 0 saturated heterocycles.